The van der Waals surface area contributed by atoms with Crippen LogP contribution in [-0.2, 0) is 0 Å². The van der Waals surface area contributed by atoms with Gasteiger partial charge in [-0.05, 0) is 52.3 Å². The zero-order chi connectivity index (χ0) is 17.8. The van der Waals surface area contributed by atoms with Gasteiger partial charge in [0.15, 0.2) is 0 Å². The molecule has 0 spiro atoms. The first kappa shape index (κ1) is 17.7. The van der Waals surface area contributed by atoms with Crippen LogP contribution in [0.1, 0.15) is 16.1 Å². The second-order valence-electron chi connectivity index (χ2n) is 4.92. The van der Waals surface area contributed by atoms with Gasteiger partial charge in [0, 0.05) is 22.4 Å². The van der Waals surface area contributed by atoms with Gasteiger partial charge in [-0.15, -0.1) is 0 Å². The van der Waals surface area contributed by atoms with Crippen LogP contribution in [0.5, 0.6) is 0 Å². The number of furan rings is 1. The number of rotatable bonds is 4. The zero-order valence-electron chi connectivity index (χ0n) is 12.5. The standard InChI is InChI=1S/C17H10BrCl2N3O2/c18-12-5-11(7-21-8-12)17(24)23-22-9-13-2-4-16(25-13)10-1-3-14(19)15(20)6-10/h1-9H,(H,23,24). The van der Waals surface area contributed by atoms with Gasteiger partial charge >= 0.3 is 0 Å². The van der Waals surface area contributed by atoms with Crippen LogP contribution < -0.4 is 5.43 Å². The number of aromatic nitrogens is 1. The van der Waals surface area contributed by atoms with Crippen molar-refractivity contribution in [1.29, 1.82) is 0 Å². The molecule has 3 rings (SSSR count). The fourth-order valence-corrected chi connectivity index (χ4v) is 2.64. The molecule has 2 aromatic heterocycles. The third-order valence-corrected chi connectivity index (χ3v) is 4.33. The summed E-state index contributed by atoms with van der Waals surface area (Å²) in [7, 11) is 0. The number of halogens is 3. The molecule has 126 valence electrons. The van der Waals surface area contributed by atoms with Crippen molar-refractivity contribution in [3.05, 3.63) is 74.6 Å². The summed E-state index contributed by atoms with van der Waals surface area (Å²) in [4.78, 5) is 15.9. The van der Waals surface area contributed by atoms with Gasteiger partial charge in [-0.25, -0.2) is 5.43 Å². The van der Waals surface area contributed by atoms with Crippen LogP contribution in [-0.4, -0.2) is 17.1 Å². The van der Waals surface area contributed by atoms with Gasteiger partial charge in [-0.1, -0.05) is 23.2 Å². The molecule has 1 aromatic carbocycles. The molecule has 0 aliphatic heterocycles. The molecule has 0 bridgehead atoms. The first-order chi connectivity index (χ1) is 12.0. The summed E-state index contributed by atoms with van der Waals surface area (Å²) in [6.45, 7) is 0. The molecule has 8 heteroatoms. The van der Waals surface area contributed by atoms with Gasteiger partial charge in [0.05, 0.1) is 21.8 Å². The van der Waals surface area contributed by atoms with E-state index >= 15 is 0 Å². The Balaban J connectivity index is 1.67. The number of benzene rings is 1. The Hall–Kier alpha value is -2.15. The minimum absolute atomic E-state index is 0.374. The fraction of sp³-hybridized carbons (Fsp3) is 0. The fourth-order valence-electron chi connectivity index (χ4n) is 1.98. The van der Waals surface area contributed by atoms with Crippen molar-refractivity contribution >= 4 is 51.3 Å². The van der Waals surface area contributed by atoms with E-state index < -0.39 is 0 Å². The van der Waals surface area contributed by atoms with E-state index in [-0.39, 0.29) is 5.91 Å². The van der Waals surface area contributed by atoms with E-state index in [0.717, 1.165) is 5.56 Å². The predicted octanol–water partition coefficient (Wildman–Crippen LogP) is 5.17. The molecule has 0 radical (unpaired) electrons. The largest absolute Gasteiger partial charge is 0.455 e. The van der Waals surface area contributed by atoms with Gasteiger partial charge in [-0.3, -0.25) is 9.78 Å². The Morgan fingerprint density at radius 2 is 2.00 bits per heavy atom. The summed E-state index contributed by atoms with van der Waals surface area (Å²) in [5.41, 5.74) is 3.59. The van der Waals surface area contributed by atoms with Gasteiger partial charge in [0.2, 0.25) is 0 Å². The van der Waals surface area contributed by atoms with E-state index in [4.69, 9.17) is 27.6 Å². The SMILES string of the molecule is O=C(NN=Cc1ccc(-c2ccc(Cl)c(Cl)c2)o1)c1cncc(Br)c1. The lowest BCUT2D eigenvalue weighted by atomic mass is 10.2. The minimum Gasteiger partial charge on any atom is -0.455 e. The molecule has 2 heterocycles. The Bertz CT molecular complexity index is 957. The maximum Gasteiger partial charge on any atom is 0.272 e. The molecule has 0 saturated heterocycles. The first-order valence-electron chi connectivity index (χ1n) is 7.02. The highest BCUT2D eigenvalue weighted by Crippen LogP contribution is 2.29. The van der Waals surface area contributed by atoms with Crippen LogP contribution in [0.3, 0.4) is 0 Å². The van der Waals surface area contributed by atoms with Gasteiger partial charge in [0.25, 0.3) is 5.91 Å². The predicted molar refractivity (Wildman–Crippen MR) is 101 cm³/mol. The van der Waals surface area contributed by atoms with Crippen molar-refractivity contribution in [3.63, 3.8) is 0 Å². The third-order valence-electron chi connectivity index (χ3n) is 3.16. The smallest absolute Gasteiger partial charge is 0.272 e. The minimum atomic E-state index is -0.374. The number of carbonyl (C=O) groups excluding carboxylic acids is 1. The third kappa shape index (κ3) is 4.48. The lowest BCUT2D eigenvalue weighted by molar-refractivity contribution is 0.0954. The van der Waals surface area contributed by atoms with Crippen LogP contribution in [0.4, 0.5) is 0 Å². The van der Waals surface area contributed by atoms with Crippen molar-refractivity contribution in [3.8, 4) is 11.3 Å². The topological polar surface area (TPSA) is 67.5 Å². The van der Waals surface area contributed by atoms with E-state index in [1.54, 1.807) is 42.6 Å². The van der Waals surface area contributed by atoms with E-state index in [0.29, 0.717) is 31.6 Å². The molecule has 1 amide bonds. The molecule has 0 atom stereocenters. The summed E-state index contributed by atoms with van der Waals surface area (Å²) >= 11 is 15.2. The van der Waals surface area contributed by atoms with Crippen LogP contribution in [0.2, 0.25) is 10.0 Å². The van der Waals surface area contributed by atoms with E-state index in [1.807, 2.05) is 0 Å². The maximum atomic E-state index is 11.9. The number of carbonyl (C=O) groups is 1. The summed E-state index contributed by atoms with van der Waals surface area (Å²) in [6, 6.07) is 10.4. The zero-order valence-corrected chi connectivity index (χ0v) is 15.6. The second kappa shape index (κ2) is 7.82. The van der Waals surface area contributed by atoms with Crippen molar-refractivity contribution in [2.45, 2.75) is 0 Å². The summed E-state index contributed by atoms with van der Waals surface area (Å²) in [6.07, 6.45) is 4.45. The molecule has 0 unspecified atom stereocenters. The molecule has 0 aliphatic rings. The van der Waals surface area contributed by atoms with E-state index in [9.17, 15) is 4.79 Å². The molecular weight excluding hydrogens is 429 g/mol. The lowest BCUT2D eigenvalue weighted by Gasteiger charge is -2.00. The highest BCUT2D eigenvalue weighted by molar-refractivity contribution is 9.10. The van der Waals surface area contributed by atoms with Crippen LogP contribution >= 0.6 is 39.1 Å². The molecule has 25 heavy (non-hydrogen) atoms. The van der Waals surface area contributed by atoms with Crippen molar-refractivity contribution in [2.24, 2.45) is 5.10 Å². The normalized spacial score (nSPS) is 11.0. The number of hydrazone groups is 1. The van der Waals surface area contributed by atoms with Crippen molar-refractivity contribution in [2.75, 3.05) is 0 Å². The number of amides is 1. The Morgan fingerprint density at radius 1 is 1.16 bits per heavy atom. The van der Waals surface area contributed by atoms with Gasteiger partial charge < -0.3 is 4.42 Å². The van der Waals surface area contributed by atoms with E-state index in [2.05, 4.69) is 31.4 Å². The highest BCUT2D eigenvalue weighted by Gasteiger charge is 2.07. The Labute approximate surface area is 161 Å². The highest BCUT2D eigenvalue weighted by atomic mass is 79.9. The molecule has 1 N–H and O–H groups in total. The summed E-state index contributed by atoms with van der Waals surface area (Å²) < 4.78 is 6.36. The lowest BCUT2D eigenvalue weighted by Crippen LogP contribution is -2.17. The quantitative estimate of drug-likeness (QED) is 0.451. The second-order valence-corrected chi connectivity index (χ2v) is 6.65. The van der Waals surface area contributed by atoms with Gasteiger partial charge in [0.1, 0.15) is 11.5 Å². The number of hydrogen-bond donors (Lipinski definition) is 1. The molecule has 3 aromatic rings. The van der Waals surface area contributed by atoms with Crippen LogP contribution in [0.15, 0.2) is 62.8 Å². The van der Waals surface area contributed by atoms with Crippen LogP contribution in [0.25, 0.3) is 11.3 Å². The Morgan fingerprint density at radius 3 is 2.76 bits per heavy atom. The molecule has 5 nitrogen and oxygen atoms in total. The van der Waals surface area contributed by atoms with E-state index in [1.165, 1.54) is 12.4 Å². The number of hydrogen-bond acceptors (Lipinski definition) is 4. The average Bonchev–Trinajstić information content (AvgIpc) is 3.06. The molecule has 0 aliphatic carbocycles. The molecule has 0 saturated carbocycles. The maximum absolute atomic E-state index is 11.9. The average molecular weight is 439 g/mol. The summed E-state index contributed by atoms with van der Waals surface area (Å²) in [5, 5.41) is 4.80. The molecule has 0 fully saturated rings. The summed E-state index contributed by atoms with van der Waals surface area (Å²) in [5.74, 6) is 0.720. The van der Waals surface area contributed by atoms with Crippen molar-refractivity contribution < 1.29 is 9.21 Å². The molecular formula is C17H10BrCl2N3O2. The first-order valence-corrected chi connectivity index (χ1v) is 8.57. The number of nitrogens with zero attached hydrogens (tertiary/aromatic N) is 2. The number of pyridine rings is 1. The van der Waals surface area contributed by atoms with Gasteiger partial charge in [-0.2, -0.15) is 5.10 Å². The van der Waals surface area contributed by atoms with Crippen LogP contribution in [0, 0.1) is 0 Å². The number of nitrogens with one attached hydrogen (secondary N) is 1. The van der Waals surface area contributed by atoms with Crippen molar-refractivity contribution in [1.82, 2.24) is 10.4 Å². The Kier molecular flexibility index (Phi) is 5.53. The monoisotopic (exact) mass is 437 g/mol.